The standard InChI is InChI=1S/C13H19F3N4O2/c1-8(18-11(22)12(2,3)4)10(21)19-9-5-17-20(6-9)7-13(14,15)16/h5-6,8H,7H2,1-4H3,(H,18,22)(H,19,21). The lowest BCUT2D eigenvalue weighted by molar-refractivity contribution is -0.142. The summed E-state index contributed by atoms with van der Waals surface area (Å²) in [5, 5.41) is 8.44. The highest BCUT2D eigenvalue weighted by Gasteiger charge is 2.29. The summed E-state index contributed by atoms with van der Waals surface area (Å²) in [7, 11) is 0. The number of alkyl halides is 3. The van der Waals surface area contributed by atoms with Crippen molar-refractivity contribution < 1.29 is 22.8 Å². The molecule has 9 heteroatoms. The summed E-state index contributed by atoms with van der Waals surface area (Å²) in [6, 6.07) is -0.822. The Bertz CT molecular complexity index is 546. The average Bonchev–Trinajstić information content (AvgIpc) is 2.72. The second-order valence-electron chi connectivity index (χ2n) is 5.98. The molecule has 0 aliphatic carbocycles. The van der Waals surface area contributed by atoms with Gasteiger partial charge in [0.15, 0.2) is 0 Å². The number of hydrogen-bond donors (Lipinski definition) is 2. The quantitative estimate of drug-likeness (QED) is 0.890. The van der Waals surface area contributed by atoms with E-state index in [4.69, 9.17) is 0 Å². The van der Waals surface area contributed by atoms with Crippen LogP contribution in [0.2, 0.25) is 0 Å². The van der Waals surface area contributed by atoms with Gasteiger partial charge in [0, 0.05) is 11.6 Å². The average molecular weight is 320 g/mol. The van der Waals surface area contributed by atoms with Gasteiger partial charge in [-0.2, -0.15) is 18.3 Å². The zero-order valence-electron chi connectivity index (χ0n) is 12.8. The monoisotopic (exact) mass is 320 g/mol. The smallest absolute Gasteiger partial charge is 0.344 e. The van der Waals surface area contributed by atoms with E-state index in [1.54, 1.807) is 20.8 Å². The molecule has 1 aromatic rings. The Labute approximate surface area is 126 Å². The molecule has 0 saturated carbocycles. The Morgan fingerprint density at radius 2 is 1.91 bits per heavy atom. The van der Waals surface area contributed by atoms with Crippen molar-refractivity contribution >= 4 is 17.5 Å². The van der Waals surface area contributed by atoms with Crippen LogP contribution in [0.25, 0.3) is 0 Å². The number of carbonyl (C=O) groups excluding carboxylic acids is 2. The van der Waals surface area contributed by atoms with E-state index in [-0.39, 0.29) is 11.6 Å². The molecule has 0 bridgehead atoms. The largest absolute Gasteiger partial charge is 0.408 e. The van der Waals surface area contributed by atoms with E-state index in [1.165, 1.54) is 6.92 Å². The minimum Gasteiger partial charge on any atom is -0.344 e. The van der Waals surface area contributed by atoms with E-state index in [0.717, 1.165) is 12.4 Å². The third-order valence-electron chi connectivity index (χ3n) is 2.66. The SMILES string of the molecule is CC(NC(=O)C(C)(C)C)C(=O)Nc1cnn(CC(F)(F)F)c1. The highest BCUT2D eigenvalue weighted by molar-refractivity contribution is 5.97. The van der Waals surface area contributed by atoms with Gasteiger partial charge in [-0.15, -0.1) is 0 Å². The second kappa shape index (κ2) is 6.37. The van der Waals surface area contributed by atoms with Gasteiger partial charge in [0.1, 0.15) is 12.6 Å². The van der Waals surface area contributed by atoms with Gasteiger partial charge in [-0.3, -0.25) is 14.3 Å². The molecule has 1 rings (SSSR count). The van der Waals surface area contributed by atoms with Crippen molar-refractivity contribution in [2.75, 3.05) is 5.32 Å². The van der Waals surface area contributed by atoms with Crippen molar-refractivity contribution in [1.82, 2.24) is 15.1 Å². The van der Waals surface area contributed by atoms with Gasteiger partial charge in [0.05, 0.1) is 11.9 Å². The van der Waals surface area contributed by atoms with Crippen molar-refractivity contribution in [3.8, 4) is 0 Å². The lowest BCUT2D eigenvalue weighted by atomic mass is 9.95. The Balaban J connectivity index is 2.60. The van der Waals surface area contributed by atoms with Gasteiger partial charge < -0.3 is 10.6 Å². The Morgan fingerprint density at radius 3 is 2.41 bits per heavy atom. The summed E-state index contributed by atoms with van der Waals surface area (Å²) in [4.78, 5) is 23.6. The highest BCUT2D eigenvalue weighted by Crippen LogP contribution is 2.18. The molecule has 0 saturated heterocycles. The van der Waals surface area contributed by atoms with Crippen molar-refractivity contribution in [1.29, 1.82) is 0 Å². The summed E-state index contributed by atoms with van der Waals surface area (Å²) in [6.07, 6.45) is -2.20. The van der Waals surface area contributed by atoms with E-state index >= 15 is 0 Å². The molecule has 0 spiro atoms. The molecule has 1 unspecified atom stereocenters. The number of nitrogens with zero attached hydrogens (tertiary/aromatic N) is 2. The van der Waals surface area contributed by atoms with Crippen molar-refractivity contribution in [3.05, 3.63) is 12.4 Å². The number of hydrogen-bond acceptors (Lipinski definition) is 3. The maximum Gasteiger partial charge on any atom is 0.408 e. The molecule has 2 amide bonds. The van der Waals surface area contributed by atoms with E-state index < -0.39 is 30.1 Å². The van der Waals surface area contributed by atoms with Gasteiger partial charge >= 0.3 is 6.18 Å². The summed E-state index contributed by atoms with van der Waals surface area (Å²) >= 11 is 0. The molecule has 0 aromatic carbocycles. The molecular formula is C13H19F3N4O2. The molecule has 0 radical (unpaired) electrons. The fourth-order valence-electron chi connectivity index (χ4n) is 1.43. The van der Waals surface area contributed by atoms with E-state index in [0.29, 0.717) is 4.68 Å². The van der Waals surface area contributed by atoms with Crippen LogP contribution >= 0.6 is 0 Å². The van der Waals surface area contributed by atoms with E-state index in [1.807, 2.05) is 0 Å². The minimum atomic E-state index is -4.39. The van der Waals surface area contributed by atoms with Crippen molar-refractivity contribution in [2.45, 2.75) is 46.5 Å². The molecule has 1 aromatic heterocycles. The molecule has 0 aliphatic rings. The number of nitrogens with one attached hydrogen (secondary N) is 2. The number of halogens is 3. The minimum absolute atomic E-state index is 0.131. The summed E-state index contributed by atoms with van der Waals surface area (Å²) in [5.74, 6) is -0.841. The Hall–Kier alpha value is -2.06. The Morgan fingerprint density at radius 1 is 1.32 bits per heavy atom. The third kappa shape index (κ3) is 5.74. The summed E-state index contributed by atoms with van der Waals surface area (Å²) in [6.45, 7) is 5.36. The normalized spacial score (nSPS) is 13.6. The maximum absolute atomic E-state index is 12.2. The lowest BCUT2D eigenvalue weighted by Gasteiger charge is -2.21. The molecule has 2 N–H and O–H groups in total. The number of aromatic nitrogens is 2. The molecule has 1 heterocycles. The molecule has 124 valence electrons. The zero-order valence-corrected chi connectivity index (χ0v) is 12.8. The molecule has 22 heavy (non-hydrogen) atoms. The van der Waals surface area contributed by atoms with Gasteiger partial charge in [-0.1, -0.05) is 20.8 Å². The summed E-state index contributed by atoms with van der Waals surface area (Å²) in [5.41, 5.74) is -0.516. The van der Waals surface area contributed by atoms with Crippen LogP contribution in [-0.2, 0) is 16.1 Å². The number of anilines is 1. The first-order chi connectivity index (χ1) is 9.88. The van der Waals surface area contributed by atoms with Crippen LogP contribution in [0.3, 0.4) is 0 Å². The van der Waals surface area contributed by atoms with Crippen LogP contribution in [0.5, 0.6) is 0 Å². The van der Waals surface area contributed by atoms with Gasteiger partial charge in [0.25, 0.3) is 0 Å². The van der Waals surface area contributed by atoms with Gasteiger partial charge in [0.2, 0.25) is 11.8 Å². The predicted octanol–water partition coefficient (Wildman–Crippen LogP) is 1.93. The lowest BCUT2D eigenvalue weighted by Crippen LogP contribution is -2.46. The molecule has 0 fully saturated rings. The van der Waals surface area contributed by atoms with Gasteiger partial charge in [-0.25, -0.2) is 0 Å². The maximum atomic E-state index is 12.2. The second-order valence-corrected chi connectivity index (χ2v) is 5.98. The van der Waals surface area contributed by atoms with Crippen LogP contribution in [0, 0.1) is 5.41 Å². The molecular weight excluding hydrogens is 301 g/mol. The third-order valence-corrected chi connectivity index (χ3v) is 2.66. The van der Waals surface area contributed by atoms with Crippen LogP contribution in [0.15, 0.2) is 12.4 Å². The van der Waals surface area contributed by atoms with E-state index in [2.05, 4.69) is 15.7 Å². The first-order valence-corrected chi connectivity index (χ1v) is 6.59. The van der Waals surface area contributed by atoms with Crippen molar-refractivity contribution in [2.24, 2.45) is 5.41 Å². The summed E-state index contributed by atoms with van der Waals surface area (Å²) < 4.78 is 37.3. The number of rotatable bonds is 4. The first-order valence-electron chi connectivity index (χ1n) is 6.59. The number of carbonyl (C=O) groups is 2. The van der Waals surface area contributed by atoms with Gasteiger partial charge in [-0.05, 0) is 6.92 Å². The highest BCUT2D eigenvalue weighted by atomic mass is 19.4. The van der Waals surface area contributed by atoms with Crippen molar-refractivity contribution in [3.63, 3.8) is 0 Å². The molecule has 6 nitrogen and oxygen atoms in total. The zero-order chi connectivity index (χ0) is 17.1. The first kappa shape index (κ1) is 18.0. The van der Waals surface area contributed by atoms with Crippen LogP contribution in [0.4, 0.5) is 18.9 Å². The molecule has 1 atom stereocenters. The fourth-order valence-corrected chi connectivity index (χ4v) is 1.43. The molecule has 0 aliphatic heterocycles. The predicted molar refractivity (Wildman–Crippen MR) is 74.0 cm³/mol. The topological polar surface area (TPSA) is 76.0 Å². The Kier molecular flexibility index (Phi) is 5.21. The van der Waals surface area contributed by atoms with Crippen LogP contribution < -0.4 is 10.6 Å². The van der Waals surface area contributed by atoms with Crippen LogP contribution in [-0.4, -0.2) is 33.8 Å². The van der Waals surface area contributed by atoms with Crippen LogP contribution in [0.1, 0.15) is 27.7 Å². The van der Waals surface area contributed by atoms with E-state index in [9.17, 15) is 22.8 Å². The fraction of sp³-hybridized carbons (Fsp3) is 0.615. The number of amides is 2.